The lowest BCUT2D eigenvalue weighted by molar-refractivity contribution is -0.127. The maximum absolute atomic E-state index is 11.8. The first kappa shape index (κ1) is 18.5. The second-order valence-corrected chi connectivity index (χ2v) is 7.47. The summed E-state index contributed by atoms with van der Waals surface area (Å²) in [6.07, 6.45) is 3.30. The molecule has 3 aromatic rings. The van der Waals surface area contributed by atoms with Crippen molar-refractivity contribution in [3.05, 3.63) is 59.8 Å². The number of carbonyl (C=O) groups is 1. The molecule has 0 spiro atoms. The number of amides is 1. The number of rotatable bonds is 7. The number of nitrogens with one attached hydrogen (secondary N) is 2. The molecule has 2 N–H and O–H groups in total. The van der Waals surface area contributed by atoms with E-state index in [0.29, 0.717) is 19.0 Å². The summed E-state index contributed by atoms with van der Waals surface area (Å²) < 4.78 is 10.6. The molecular formula is C22H21N5O3. The molecule has 2 aliphatic rings. The van der Waals surface area contributed by atoms with Crippen LogP contribution in [0.2, 0.25) is 0 Å². The predicted molar refractivity (Wildman–Crippen MR) is 113 cm³/mol. The van der Waals surface area contributed by atoms with Crippen LogP contribution >= 0.6 is 0 Å². The zero-order chi connectivity index (χ0) is 20.3. The average molecular weight is 403 g/mol. The Morgan fingerprint density at radius 1 is 1.17 bits per heavy atom. The van der Waals surface area contributed by atoms with Gasteiger partial charge in [-0.15, -0.1) is 0 Å². The van der Waals surface area contributed by atoms with Crippen molar-refractivity contribution in [2.75, 3.05) is 19.8 Å². The first-order chi connectivity index (χ1) is 14.7. The molecule has 152 valence electrons. The van der Waals surface area contributed by atoms with Gasteiger partial charge in [0.05, 0.1) is 42.4 Å². The van der Waals surface area contributed by atoms with E-state index in [4.69, 9.17) is 9.47 Å². The standard InChI is InChI=1S/C22H21N5O3/c28-22(24-18-11-29-12-18)13-30-19-4-2-15(3-5-19)21-9-17(25-27-21)8-14-1-6-20-16(7-14)10-23-26-20/h1-7,10,18H,8-9,11-13H2,(H,23,26)(H,24,28). The molecule has 1 saturated heterocycles. The summed E-state index contributed by atoms with van der Waals surface area (Å²) in [5.41, 5.74) is 5.19. The van der Waals surface area contributed by atoms with E-state index in [1.807, 2.05) is 36.5 Å². The molecular weight excluding hydrogens is 382 g/mol. The molecule has 8 nitrogen and oxygen atoms in total. The Kier molecular flexibility index (Phi) is 4.98. The number of hydrogen-bond donors (Lipinski definition) is 2. The van der Waals surface area contributed by atoms with Crippen LogP contribution in [-0.4, -0.2) is 53.4 Å². The zero-order valence-corrected chi connectivity index (χ0v) is 16.3. The fourth-order valence-corrected chi connectivity index (χ4v) is 3.47. The van der Waals surface area contributed by atoms with Crippen LogP contribution in [0.4, 0.5) is 0 Å². The molecule has 30 heavy (non-hydrogen) atoms. The number of nitrogens with zero attached hydrogens (tertiary/aromatic N) is 3. The van der Waals surface area contributed by atoms with Crippen LogP contribution in [0.1, 0.15) is 17.5 Å². The average Bonchev–Trinajstić information content (AvgIpc) is 3.39. The van der Waals surface area contributed by atoms with Crippen LogP contribution in [0.3, 0.4) is 0 Å². The number of carbonyl (C=O) groups excluding carboxylic acids is 1. The van der Waals surface area contributed by atoms with Crippen molar-refractivity contribution in [2.45, 2.75) is 18.9 Å². The van der Waals surface area contributed by atoms with E-state index in [0.717, 1.165) is 40.7 Å². The van der Waals surface area contributed by atoms with Gasteiger partial charge in [-0.2, -0.15) is 15.3 Å². The predicted octanol–water partition coefficient (Wildman–Crippen LogP) is 2.25. The monoisotopic (exact) mass is 403 g/mol. The highest BCUT2D eigenvalue weighted by Crippen LogP contribution is 2.19. The third kappa shape index (κ3) is 4.08. The van der Waals surface area contributed by atoms with Crippen LogP contribution in [0.5, 0.6) is 5.75 Å². The zero-order valence-electron chi connectivity index (χ0n) is 16.3. The van der Waals surface area contributed by atoms with Crippen LogP contribution < -0.4 is 10.1 Å². The highest BCUT2D eigenvalue weighted by molar-refractivity contribution is 6.15. The minimum Gasteiger partial charge on any atom is -0.484 e. The summed E-state index contributed by atoms with van der Waals surface area (Å²) in [6, 6.07) is 13.9. The van der Waals surface area contributed by atoms with E-state index in [1.165, 1.54) is 5.56 Å². The van der Waals surface area contributed by atoms with Crippen molar-refractivity contribution in [2.24, 2.45) is 10.2 Å². The molecule has 5 rings (SSSR count). The van der Waals surface area contributed by atoms with Gasteiger partial charge in [-0.05, 0) is 47.5 Å². The normalized spacial score (nSPS) is 16.1. The first-order valence-electron chi connectivity index (χ1n) is 9.87. The van der Waals surface area contributed by atoms with Gasteiger partial charge in [-0.1, -0.05) is 6.07 Å². The van der Waals surface area contributed by atoms with E-state index in [2.05, 4.69) is 37.8 Å². The van der Waals surface area contributed by atoms with Gasteiger partial charge in [0.25, 0.3) is 5.91 Å². The molecule has 0 atom stereocenters. The van der Waals surface area contributed by atoms with Crippen LogP contribution in [-0.2, 0) is 16.0 Å². The van der Waals surface area contributed by atoms with Crippen molar-refractivity contribution < 1.29 is 14.3 Å². The summed E-state index contributed by atoms with van der Waals surface area (Å²) >= 11 is 0. The molecule has 0 saturated carbocycles. The van der Waals surface area contributed by atoms with Gasteiger partial charge in [0.2, 0.25) is 0 Å². The van der Waals surface area contributed by atoms with Crippen molar-refractivity contribution in [3.8, 4) is 5.75 Å². The summed E-state index contributed by atoms with van der Waals surface area (Å²) in [4.78, 5) is 11.8. The molecule has 0 unspecified atom stereocenters. The van der Waals surface area contributed by atoms with Gasteiger partial charge in [0.1, 0.15) is 5.75 Å². The third-order valence-corrected chi connectivity index (χ3v) is 5.16. The lowest BCUT2D eigenvalue weighted by atomic mass is 10.0. The second-order valence-electron chi connectivity index (χ2n) is 7.47. The quantitative estimate of drug-likeness (QED) is 0.632. The van der Waals surface area contributed by atoms with Gasteiger partial charge in [0, 0.05) is 18.2 Å². The van der Waals surface area contributed by atoms with Crippen molar-refractivity contribution in [3.63, 3.8) is 0 Å². The Hall–Kier alpha value is -3.52. The van der Waals surface area contributed by atoms with Gasteiger partial charge >= 0.3 is 0 Å². The maximum atomic E-state index is 11.8. The fraction of sp³-hybridized carbons (Fsp3) is 0.273. The van der Waals surface area contributed by atoms with Crippen LogP contribution in [0.15, 0.2) is 58.9 Å². The highest BCUT2D eigenvalue weighted by Gasteiger charge is 2.20. The van der Waals surface area contributed by atoms with Gasteiger partial charge < -0.3 is 14.8 Å². The molecule has 1 amide bonds. The Labute approximate surface area is 173 Å². The molecule has 2 aliphatic heterocycles. The van der Waals surface area contributed by atoms with Crippen LogP contribution in [0.25, 0.3) is 10.9 Å². The largest absolute Gasteiger partial charge is 0.484 e. The molecule has 0 radical (unpaired) electrons. The molecule has 8 heteroatoms. The van der Waals surface area contributed by atoms with E-state index in [-0.39, 0.29) is 18.6 Å². The Balaban J connectivity index is 1.13. The maximum Gasteiger partial charge on any atom is 0.258 e. The number of ether oxygens (including phenoxy) is 2. The minimum absolute atomic E-state index is 0.00887. The van der Waals surface area contributed by atoms with Crippen molar-refractivity contribution >= 4 is 28.2 Å². The highest BCUT2D eigenvalue weighted by atomic mass is 16.5. The van der Waals surface area contributed by atoms with Gasteiger partial charge in [-0.3, -0.25) is 9.89 Å². The van der Waals surface area contributed by atoms with E-state index in [9.17, 15) is 4.79 Å². The van der Waals surface area contributed by atoms with Gasteiger partial charge in [0.15, 0.2) is 6.61 Å². The number of aromatic nitrogens is 2. The summed E-state index contributed by atoms with van der Waals surface area (Å²) in [7, 11) is 0. The van der Waals surface area contributed by atoms with Crippen molar-refractivity contribution in [1.29, 1.82) is 0 Å². The summed E-state index contributed by atoms with van der Waals surface area (Å²) in [6.45, 7) is 1.14. The molecule has 1 fully saturated rings. The molecule has 2 aromatic carbocycles. The number of benzene rings is 2. The molecule has 3 heterocycles. The molecule has 0 aliphatic carbocycles. The van der Waals surface area contributed by atoms with E-state index in [1.54, 1.807) is 0 Å². The Bertz CT molecular complexity index is 1130. The molecule has 0 bridgehead atoms. The number of aromatic amines is 1. The first-order valence-corrected chi connectivity index (χ1v) is 9.87. The van der Waals surface area contributed by atoms with Crippen molar-refractivity contribution in [1.82, 2.24) is 15.5 Å². The topological polar surface area (TPSA) is 101 Å². The minimum atomic E-state index is -0.140. The van der Waals surface area contributed by atoms with E-state index < -0.39 is 0 Å². The van der Waals surface area contributed by atoms with Crippen LogP contribution in [0, 0.1) is 0 Å². The lowest BCUT2D eigenvalue weighted by Gasteiger charge is -2.26. The summed E-state index contributed by atoms with van der Waals surface area (Å²) in [5, 5.41) is 19.7. The number of fused-ring (bicyclic) bond motifs is 1. The Morgan fingerprint density at radius 3 is 2.83 bits per heavy atom. The SMILES string of the molecule is O=C(COc1ccc(C2=NN=C(Cc3ccc4[nH]ncc4c3)C2)cc1)NC1COC1. The summed E-state index contributed by atoms with van der Waals surface area (Å²) in [5.74, 6) is 0.506. The fourth-order valence-electron chi connectivity index (χ4n) is 3.47. The Morgan fingerprint density at radius 2 is 2.03 bits per heavy atom. The lowest BCUT2D eigenvalue weighted by Crippen LogP contribution is -2.49. The molecule has 1 aromatic heterocycles. The second kappa shape index (κ2) is 8.08. The van der Waals surface area contributed by atoms with Gasteiger partial charge in [-0.25, -0.2) is 0 Å². The van der Waals surface area contributed by atoms with E-state index >= 15 is 0 Å². The number of hydrogen-bond acceptors (Lipinski definition) is 6. The third-order valence-electron chi connectivity index (χ3n) is 5.16. The number of H-pyrrole nitrogens is 1. The smallest absolute Gasteiger partial charge is 0.258 e.